The number of rotatable bonds is 4. The molecule has 0 radical (unpaired) electrons. The minimum Gasteiger partial charge on any atom is -0.369 e. The molecule has 0 aromatic carbocycles. The number of primary amides is 1. The molecule has 2 heterocycles. The second kappa shape index (κ2) is 5.68. The predicted octanol–water partition coefficient (Wildman–Crippen LogP) is 0.128. The number of carbonyl (C=O) groups excluding carboxylic acids is 1. The molecule has 1 aromatic rings. The molecule has 20 heavy (non-hydrogen) atoms. The van der Waals surface area contributed by atoms with E-state index in [1.807, 2.05) is 0 Å². The van der Waals surface area contributed by atoms with Gasteiger partial charge in [-0.15, -0.1) is 0 Å². The van der Waals surface area contributed by atoms with Crippen LogP contribution in [0.2, 0.25) is 0 Å². The predicted molar refractivity (Wildman–Crippen MR) is 72.4 cm³/mol. The van der Waals surface area contributed by atoms with Crippen molar-refractivity contribution in [3.05, 3.63) is 16.3 Å². The van der Waals surface area contributed by atoms with Crippen molar-refractivity contribution in [1.29, 1.82) is 0 Å². The van der Waals surface area contributed by atoms with E-state index in [0.717, 1.165) is 6.42 Å². The Kier molecular flexibility index (Phi) is 3.97. The number of hydrogen-bond acceptors (Lipinski definition) is 7. The molecule has 1 aliphatic rings. The van der Waals surface area contributed by atoms with Crippen LogP contribution in [-0.4, -0.2) is 40.9 Å². The van der Waals surface area contributed by atoms with E-state index in [2.05, 4.69) is 15.3 Å². The Bertz CT molecular complexity index is 535. The number of nitrogens with two attached hydrogens (primary N) is 1. The van der Waals surface area contributed by atoms with Crippen molar-refractivity contribution in [3.8, 4) is 0 Å². The Balaban J connectivity index is 2.34. The first kappa shape index (κ1) is 14.0. The molecule has 1 aromatic heterocycles. The molecule has 0 aliphatic carbocycles. The highest BCUT2D eigenvalue weighted by Crippen LogP contribution is 2.29. The summed E-state index contributed by atoms with van der Waals surface area (Å²) in [5.41, 5.74) is 5.14. The van der Waals surface area contributed by atoms with E-state index in [9.17, 15) is 14.9 Å². The van der Waals surface area contributed by atoms with Gasteiger partial charge in [-0.3, -0.25) is 14.9 Å². The molecular weight excluding hydrogens is 264 g/mol. The second-order valence-electron chi connectivity index (χ2n) is 4.60. The summed E-state index contributed by atoms with van der Waals surface area (Å²) >= 11 is 0. The molecule has 1 amide bonds. The van der Waals surface area contributed by atoms with Crippen molar-refractivity contribution < 1.29 is 9.72 Å². The summed E-state index contributed by atoms with van der Waals surface area (Å²) in [5.74, 6) is -0.177. The number of nitrogens with one attached hydrogen (secondary N) is 1. The van der Waals surface area contributed by atoms with Gasteiger partial charge in [-0.25, -0.2) is 4.98 Å². The minimum atomic E-state index is -0.525. The van der Waals surface area contributed by atoms with Gasteiger partial charge in [-0.05, 0) is 12.8 Å². The van der Waals surface area contributed by atoms with Gasteiger partial charge in [0.15, 0.2) is 0 Å². The van der Waals surface area contributed by atoms with Gasteiger partial charge in [0.25, 0.3) is 0 Å². The SMILES string of the molecule is CNc1ncc([N+](=O)[O-])c(N2CCCC(C(N)=O)C2)n1. The second-order valence-corrected chi connectivity index (χ2v) is 4.60. The topological polar surface area (TPSA) is 127 Å². The molecule has 1 aliphatic heterocycles. The first-order valence-electron chi connectivity index (χ1n) is 6.26. The van der Waals surface area contributed by atoms with E-state index in [1.165, 1.54) is 6.20 Å². The number of amides is 1. The summed E-state index contributed by atoms with van der Waals surface area (Å²) in [6.45, 7) is 0.946. The van der Waals surface area contributed by atoms with Crippen LogP contribution in [0.15, 0.2) is 6.20 Å². The van der Waals surface area contributed by atoms with Crippen molar-refractivity contribution in [3.63, 3.8) is 0 Å². The lowest BCUT2D eigenvalue weighted by Crippen LogP contribution is -2.41. The fourth-order valence-electron chi connectivity index (χ4n) is 2.25. The van der Waals surface area contributed by atoms with E-state index >= 15 is 0 Å². The Morgan fingerprint density at radius 2 is 2.40 bits per heavy atom. The number of anilines is 2. The minimum absolute atomic E-state index is 0.172. The number of nitrogens with zero attached hydrogens (tertiary/aromatic N) is 4. The molecule has 0 spiro atoms. The quantitative estimate of drug-likeness (QED) is 0.592. The van der Waals surface area contributed by atoms with Crippen LogP contribution in [0.5, 0.6) is 0 Å². The Morgan fingerprint density at radius 3 is 3.00 bits per heavy atom. The van der Waals surface area contributed by atoms with Gasteiger partial charge < -0.3 is 16.0 Å². The molecule has 108 valence electrons. The van der Waals surface area contributed by atoms with E-state index in [-0.39, 0.29) is 23.3 Å². The fourth-order valence-corrected chi connectivity index (χ4v) is 2.25. The van der Waals surface area contributed by atoms with Crippen LogP contribution in [-0.2, 0) is 4.79 Å². The van der Waals surface area contributed by atoms with E-state index in [4.69, 9.17) is 5.73 Å². The molecule has 9 nitrogen and oxygen atoms in total. The molecule has 1 fully saturated rings. The van der Waals surface area contributed by atoms with E-state index in [0.29, 0.717) is 25.5 Å². The maximum Gasteiger partial charge on any atom is 0.329 e. The highest BCUT2D eigenvalue weighted by Gasteiger charge is 2.29. The van der Waals surface area contributed by atoms with Crippen LogP contribution in [0.4, 0.5) is 17.5 Å². The van der Waals surface area contributed by atoms with E-state index < -0.39 is 4.92 Å². The number of hydrogen-bond donors (Lipinski definition) is 2. The lowest BCUT2D eigenvalue weighted by Gasteiger charge is -2.31. The van der Waals surface area contributed by atoms with Gasteiger partial charge in [0.05, 0.1) is 10.8 Å². The molecular formula is C11H16N6O3. The van der Waals surface area contributed by atoms with Gasteiger partial charge in [0.2, 0.25) is 17.7 Å². The maximum atomic E-state index is 11.3. The zero-order chi connectivity index (χ0) is 14.7. The van der Waals surface area contributed by atoms with Crippen molar-refractivity contribution in [2.24, 2.45) is 11.7 Å². The first-order chi connectivity index (χ1) is 9.52. The van der Waals surface area contributed by atoms with Crippen LogP contribution in [0.25, 0.3) is 0 Å². The van der Waals surface area contributed by atoms with Gasteiger partial charge in [0.1, 0.15) is 6.20 Å². The van der Waals surface area contributed by atoms with Crippen molar-refractivity contribution >= 4 is 23.4 Å². The lowest BCUT2D eigenvalue weighted by atomic mass is 9.97. The summed E-state index contributed by atoms with van der Waals surface area (Å²) in [7, 11) is 1.63. The molecule has 2 rings (SSSR count). The summed E-state index contributed by atoms with van der Waals surface area (Å²) in [6, 6.07) is 0. The van der Waals surface area contributed by atoms with Gasteiger partial charge in [0, 0.05) is 20.1 Å². The van der Waals surface area contributed by atoms with Crippen LogP contribution < -0.4 is 16.0 Å². The van der Waals surface area contributed by atoms with Crippen LogP contribution in [0.3, 0.4) is 0 Å². The molecule has 1 atom stereocenters. The third-order valence-electron chi connectivity index (χ3n) is 3.29. The average molecular weight is 280 g/mol. The van der Waals surface area contributed by atoms with Crippen molar-refractivity contribution in [2.75, 3.05) is 30.4 Å². The summed E-state index contributed by atoms with van der Waals surface area (Å²) in [6.07, 6.45) is 2.61. The summed E-state index contributed by atoms with van der Waals surface area (Å²) in [5, 5.41) is 13.8. The van der Waals surface area contributed by atoms with Crippen LogP contribution >= 0.6 is 0 Å². The number of piperidine rings is 1. The Hall–Kier alpha value is -2.45. The third kappa shape index (κ3) is 2.76. The first-order valence-corrected chi connectivity index (χ1v) is 6.26. The maximum absolute atomic E-state index is 11.3. The third-order valence-corrected chi connectivity index (χ3v) is 3.29. The zero-order valence-electron chi connectivity index (χ0n) is 11.1. The standard InChI is InChI=1S/C11H16N6O3/c1-13-11-14-5-8(17(19)20)10(15-11)16-4-2-3-7(6-16)9(12)18/h5,7H,2-4,6H2,1H3,(H2,12,18)(H,13,14,15). The Labute approximate surface area is 115 Å². The van der Waals surface area contributed by atoms with Crippen LogP contribution in [0.1, 0.15) is 12.8 Å². The van der Waals surface area contributed by atoms with E-state index in [1.54, 1.807) is 11.9 Å². The molecule has 1 saturated heterocycles. The highest BCUT2D eigenvalue weighted by atomic mass is 16.6. The number of carbonyl (C=O) groups is 1. The summed E-state index contributed by atoms with van der Waals surface area (Å²) in [4.78, 5) is 31.5. The average Bonchev–Trinajstić information content (AvgIpc) is 2.46. The van der Waals surface area contributed by atoms with Crippen molar-refractivity contribution in [2.45, 2.75) is 12.8 Å². The molecule has 1 unspecified atom stereocenters. The molecule has 0 saturated carbocycles. The Morgan fingerprint density at radius 1 is 1.65 bits per heavy atom. The van der Waals surface area contributed by atoms with Crippen LogP contribution in [0, 0.1) is 16.0 Å². The smallest absolute Gasteiger partial charge is 0.329 e. The van der Waals surface area contributed by atoms with Crippen molar-refractivity contribution in [1.82, 2.24) is 9.97 Å². The van der Waals surface area contributed by atoms with Gasteiger partial charge in [-0.1, -0.05) is 0 Å². The highest BCUT2D eigenvalue weighted by molar-refractivity contribution is 5.77. The van der Waals surface area contributed by atoms with Gasteiger partial charge in [-0.2, -0.15) is 4.98 Å². The number of aromatic nitrogens is 2. The monoisotopic (exact) mass is 280 g/mol. The molecule has 0 bridgehead atoms. The van der Waals surface area contributed by atoms with Gasteiger partial charge >= 0.3 is 5.69 Å². The number of nitro groups is 1. The largest absolute Gasteiger partial charge is 0.369 e. The molecule has 9 heteroatoms. The molecule has 3 N–H and O–H groups in total. The normalized spacial score (nSPS) is 18.6. The zero-order valence-corrected chi connectivity index (χ0v) is 11.1. The fraction of sp³-hybridized carbons (Fsp3) is 0.545. The lowest BCUT2D eigenvalue weighted by molar-refractivity contribution is -0.384. The summed E-state index contributed by atoms with van der Waals surface area (Å²) < 4.78 is 0.